The number of ether oxygens (including phenoxy) is 1. The minimum Gasteiger partial charge on any atom is -0.494 e. The number of aromatic nitrogens is 2. The Morgan fingerprint density at radius 1 is 1.36 bits per heavy atom. The maximum Gasteiger partial charge on any atom is 0.278 e. The van der Waals surface area contributed by atoms with Crippen molar-refractivity contribution >= 4 is 40.5 Å². The van der Waals surface area contributed by atoms with E-state index in [-0.39, 0.29) is 16.7 Å². The first-order valence-corrected chi connectivity index (χ1v) is 8.05. The van der Waals surface area contributed by atoms with Gasteiger partial charge < -0.3 is 10.1 Å². The highest BCUT2D eigenvalue weighted by Gasteiger charge is 2.10. The van der Waals surface area contributed by atoms with Gasteiger partial charge in [-0.05, 0) is 54.4 Å². The summed E-state index contributed by atoms with van der Waals surface area (Å²) in [5.74, 6) is 0.424. The average molecular weight is 336 g/mol. The summed E-state index contributed by atoms with van der Waals surface area (Å²) in [5.41, 5.74) is 1.01. The van der Waals surface area contributed by atoms with Crippen LogP contribution in [0.3, 0.4) is 0 Å². The average Bonchev–Trinajstić information content (AvgIpc) is 3.03. The number of nitrogens with one attached hydrogen (secondary N) is 2. The molecule has 0 fully saturated rings. The Kier molecular flexibility index (Phi) is 6.23. The van der Waals surface area contributed by atoms with E-state index < -0.39 is 0 Å². The minimum absolute atomic E-state index is 0.206. The lowest BCUT2D eigenvalue weighted by Crippen LogP contribution is -2.34. The molecule has 0 saturated heterocycles. The van der Waals surface area contributed by atoms with Crippen molar-refractivity contribution in [3.63, 3.8) is 0 Å². The molecule has 2 aromatic rings. The zero-order valence-corrected chi connectivity index (χ0v) is 13.7. The van der Waals surface area contributed by atoms with Crippen LogP contribution in [0.2, 0.25) is 0 Å². The zero-order chi connectivity index (χ0) is 15.8. The van der Waals surface area contributed by atoms with Crippen LogP contribution in [0, 0.1) is 0 Å². The third-order valence-corrected chi connectivity index (χ3v) is 3.41. The first kappa shape index (κ1) is 16.3. The van der Waals surface area contributed by atoms with Gasteiger partial charge in [0, 0.05) is 11.1 Å². The van der Waals surface area contributed by atoms with Crippen LogP contribution in [-0.4, -0.2) is 27.2 Å². The molecular formula is C14H16N4O2S2. The Morgan fingerprint density at radius 3 is 2.77 bits per heavy atom. The number of unbranched alkanes of at least 4 members (excludes halogenated alkanes) is 1. The predicted octanol–water partition coefficient (Wildman–Crippen LogP) is 2.84. The summed E-state index contributed by atoms with van der Waals surface area (Å²) in [6.07, 6.45) is 2.13. The SMILES string of the molecule is CCCCOc1ccc(NC(=S)NC(=O)c2csnn2)cc1. The summed E-state index contributed by atoms with van der Waals surface area (Å²) in [6.45, 7) is 2.83. The Labute approximate surface area is 138 Å². The molecule has 0 aliphatic heterocycles. The van der Waals surface area contributed by atoms with Crippen molar-refractivity contribution in [1.82, 2.24) is 14.9 Å². The number of hydrogen-bond donors (Lipinski definition) is 2. The molecule has 0 aliphatic carbocycles. The third kappa shape index (κ3) is 5.05. The number of thiocarbonyl (C=S) groups is 1. The fourth-order valence-electron chi connectivity index (χ4n) is 1.56. The van der Waals surface area contributed by atoms with Gasteiger partial charge in [-0.25, -0.2) is 0 Å². The van der Waals surface area contributed by atoms with Crippen molar-refractivity contribution in [1.29, 1.82) is 0 Å². The van der Waals surface area contributed by atoms with Gasteiger partial charge >= 0.3 is 0 Å². The van der Waals surface area contributed by atoms with Crippen molar-refractivity contribution in [3.8, 4) is 5.75 Å². The molecule has 2 N–H and O–H groups in total. The number of carbonyl (C=O) groups excluding carboxylic acids is 1. The van der Waals surface area contributed by atoms with Gasteiger partial charge in [0.25, 0.3) is 5.91 Å². The van der Waals surface area contributed by atoms with Gasteiger partial charge in [-0.15, -0.1) is 5.10 Å². The van der Waals surface area contributed by atoms with Gasteiger partial charge in [-0.2, -0.15) is 0 Å². The molecule has 0 atom stereocenters. The van der Waals surface area contributed by atoms with E-state index in [2.05, 4.69) is 27.1 Å². The van der Waals surface area contributed by atoms with Gasteiger partial charge in [0.1, 0.15) is 5.75 Å². The normalized spacial score (nSPS) is 10.0. The first-order valence-electron chi connectivity index (χ1n) is 6.81. The Bertz CT molecular complexity index is 614. The number of rotatable bonds is 6. The second-order valence-electron chi connectivity index (χ2n) is 4.42. The largest absolute Gasteiger partial charge is 0.494 e. The van der Waals surface area contributed by atoms with Gasteiger partial charge in [0.05, 0.1) is 6.61 Å². The van der Waals surface area contributed by atoms with Crippen LogP contribution in [0.4, 0.5) is 5.69 Å². The molecule has 0 radical (unpaired) electrons. The lowest BCUT2D eigenvalue weighted by Gasteiger charge is -2.10. The summed E-state index contributed by atoms with van der Waals surface area (Å²) in [4.78, 5) is 11.8. The topological polar surface area (TPSA) is 76.1 Å². The van der Waals surface area contributed by atoms with Crippen molar-refractivity contribution in [2.45, 2.75) is 19.8 Å². The molecule has 8 heteroatoms. The molecule has 0 saturated carbocycles. The highest BCUT2D eigenvalue weighted by Crippen LogP contribution is 2.16. The highest BCUT2D eigenvalue weighted by molar-refractivity contribution is 7.80. The van der Waals surface area contributed by atoms with Gasteiger partial charge in [0.15, 0.2) is 10.8 Å². The molecule has 0 bridgehead atoms. The fraction of sp³-hybridized carbons (Fsp3) is 0.286. The molecule has 0 spiro atoms. The van der Waals surface area contributed by atoms with Crippen LogP contribution >= 0.6 is 23.8 Å². The van der Waals surface area contributed by atoms with Crippen LogP contribution in [0.15, 0.2) is 29.6 Å². The first-order chi connectivity index (χ1) is 10.7. The van der Waals surface area contributed by atoms with E-state index in [0.717, 1.165) is 35.8 Å². The second-order valence-corrected chi connectivity index (χ2v) is 5.44. The molecule has 0 aliphatic rings. The molecule has 1 amide bonds. The van der Waals surface area contributed by atoms with Crippen molar-refractivity contribution in [3.05, 3.63) is 35.3 Å². The van der Waals surface area contributed by atoms with Crippen LogP contribution in [0.25, 0.3) is 0 Å². The van der Waals surface area contributed by atoms with E-state index in [4.69, 9.17) is 17.0 Å². The molecule has 1 aromatic carbocycles. The van der Waals surface area contributed by atoms with Crippen LogP contribution < -0.4 is 15.4 Å². The van der Waals surface area contributed by atoms with Crippen molar-refractivity contribution in [2.24, 2.45) is 0 Å². The maximum absolute atomic E-state index is 11.8. The summed E-state index contributed by atoms with van der Waals surface area (Å²) >= 11 is 6.19. The Balaban J connectivity index is 1.82. The lowest BCUT2D eigenvalue weighted by molar-refractivity contribution is 0.0973. The summed E-state index contributed by atoms with van der Waals surface area (Å²) in [6, 6.07) is 7.38. The molecule has 1 heterocycles. The van der Waals surface area contributed by atoms with E-state index in [1.54, 1.807) is 5.38 Å². The summed E-state index contributed by atoms with van der Waals surface area (Å²) in [5, 5.41) is 10.9. The number of anilines is 1. The van der Waals surface area contributed by atoms with Crippen molar-refractivity contribution in [2.75, 3.05) is 11.9 Å². The monoisotopic (exact) mass is 336 g/mol. The van der Waals surface area contributed by atoms with Crippen LogP contribution in [0.1, 0.15) is 30.3 Å². The van der Waals surface area contributed by atoms with E-state index in [0.29, 0.717) is 6.61 Å². The standard InChI is InChI=1S/C14H16N4O2S2/c1-2-3-8-20-11-6-4-10(5-7-11)15-14(21)16-13(19)12-9-22-18-17-12/h4-7,9H,2-3,8H2,1H3,(H2,15,16,19,21). The van der Waals surface area contributed by atoms with E-state index in [1.165, 1.54) is 0 Å². The van der Waals surface area contributed by atoms with Gasteiger partial charge in [-0.1, -0.05) is 17.8 Å². The quantitative estimate of drug-likeness (QED) is 0.624. The van der Waals surface area contributed by atoms with Crippen molar-refractivity contribution < 1.29 is 9.53 Å². The van der Waals surface area contributed by atoms with Gasteiger partial charge in [-0.3, -0.25) is 10.1 Å². The number of benzene rings is 1. The number of amides is 1. The number of nitrogens with zero attached hydrogens (tertiary/aromatic N) is 2. The van der Waals surface area contributed by atoms with Crippen LogP contribution in [0.5, 0.6) is 5.75 Å². The minimum atomic E-state index is -0.384. The molecule has 116 valence electrons. The van der Waals surface area contributed by atoms with E-state index >= 15 is 0 Å². The van der Waals surface area contributed by atoms with Crippen LogP contribution in [-0.2, 0) is 0 Å². The van der Waals surface area contributed by atoms with E-state index in [9.17, 15) is 4.79 Å². The Morgan fingerprint density at radius 2 is 2.14 bits per heavy atom. The second kappa shape index (κ2) is 8.40. The highest BCUT2D eigenvalue weighted by atomic mass is 32.1. The number of carbonyl (C=O) groups is 1. The molecule has 0 unspecified atom stereocenters. The zero-order valence-electron chi connectivity index (χ0n) is 12.0. The van der Waals surface area contributed by atoms with E-state index in [1.807, 2.05) is 24.3 Å². The smallest absolute Gasteiger partial charge is 0.278 e. The predicted molar refractivity (Wildman–Crippen MR) is 90.4 cm³/mol. The molecular weight excluding hydrogens is 320 g/mol. The lowest BCUT2D eigenvalue weighted by atomic mass is 10.3. The summed E-state index contributed by atoms with van der Waals surface area (Å²) < 4.78 is 9.20. The molecule has 22 heavy (non-hydrogen) atoms. The fourth-order valence-corrected chi connectivity index (χ4v) is 2.21. The molecule has 1 aromatic heterocycles. The summed E-state index contributed by atoms with van der Waals surface area (Å²) in [7, 11) is 0. The third-order valence-electron chi connectivity index (χ3n) is 2.70. The Hall–Kier alpha value is -2.06. The molecule has 6 nitrogen and oxygen atoms in total. The van der Waals surface area contributed by atoms with Gasteiger partial charge in [0.2, 0.25) is 0 Å². The molecule has 2 rings (SSSR count). The maximum atomic E-state index is 11.8. The number of hydrogen-bond acceptors (Lipinski definition) is 6.